The third-order valence-corrected chi connectivity index (χ3v) is 6.27. The summed E-state index contributed by atoms with van der Waals surface area (Å²) in [6, 6.07) is 3.81. The Hall–Kier alpha value is -2.06. The van der Waals surface area contributed by atoms with Crippen LogP contribution in [-0.2, 0) is 22.6 Å². The number of nitrogens with one attached hydrogen (secondary N) is 2. The summed E-state index contributed by atoms with van der Waals surface area (Å²) in [5.41, 5.74) is 3.99. The minimum Gasteiger partial charge on any atom is -0.380 e. The molecule has 0 radical (unpaired) electrons. The van der Waals surface area contributed by atoms with Crippen LogP contribution in [0.2, 0.25) is 10.0 Å². The van der Waals surface area contributed by atoms with Crippen molar-refractivity contribution in [1.29, 1.82) is 0 Å². The summed E-state index contributed by atoms with van der Waals surface area (Å²) in [5, 5.41) is 12.1. The molecule has 9 heteroatoms. The Balaban J connectivity index is 1.57. The van der Waals surface area contributed by atoms with Crippen LogP contribution in [0.1, 0.15) is 18.5 Å². The van der Waals surface area contributed by atoms with Crippen LogP contribution in [0.25, 0.3) is 22.0 Å². The van der Waals surface area contributed by atoms with Crippen molar-refractivity contribution in [2.24, 2.45) is 0 Å². The molecule has 1 aromatic carbocycles. The van der Waals surface area contributed by atoms with Crippen molar-refractivity contribution in [3.05, 3.63) is 40.3 Å². The summed E-state index contributed by atoms with van der Waals surface area (Å²) in [6.07, 6.45) is 4.86. The van der Waals surface area contributed by atoms with Crippen molar-refractivity contribution >= 4 is 40.0 Å². The predicted octanol–water partition coefficient (Wildman–Crippen LogP) is 3.70. The fraction of sp³-hybridized carbons (Fsp3) is 0.429. The number of likely N-dealkylation sites (N-methyl/N-ethyl adjacent to an activating group) is 1. The van der Waals surface area contributed by atoms with Gasteiger partial charge in [-0.2, -0.15) is 5.10 Å². The number of H-pyrrole nitrogens is 1. The molecule has 3 aromatic rings. The molecule has 2 N–H and O–H groups in total. The van der Waals surface area contributed by atoms with Crippen molar-refractivity contribution in [1.82, 2.24) is 25.0 Å². The third-order valence-electron chi connectivity index (χ3n) is 5.47. The average molecular weight is 450 g/mol. The summed E-state index contributed by atoms with van der Waals surface area (Å²) in [6.45, 7) is 3.91. The Kier molecular flexibility index (Phi) is 6.63. The number of halogens is 2. The molecule has 0 bridgehead atoms. The average Bonchev–Trinajstić information content (AvgIpc) is 3.38. The van der Waals surface area contributed by atoms with Crippen LogP contribution in [0, 0.1) is 0 Å². The van der Waals surface area contributed by atoms with Crippen molar-refractivity contribution < 1.29 is 9.53 Å². The maximum Gasteiger partial charge on any atom is 0.223 e. The smallest absolute Gasteiger partial charge is 0.223 e. The van der Waals surface area contributed by atoms with Gasteiger partial charge in [-0.3, -0.25) is 9.89 Å². The monoisotopic (exact) mass is 449 g/mol. The lowest BCUT2D eigenvalue weighted by Gasteiger charge is -2.30. The van der Waals surface area contributed by atoms with Gasteiger partial charge in [0.1, 0.15) is 0 Å². The molecule has 0 atom stereocenters. The molecule has 4 rings (SSSR count). The summed E-state index contributed by atoms with van der Waals surface area (Å²) in [7, 11) is 1.89. The first kappa shape index (κ1) is 21.2. The molecule has 1 aliphatic heterocycles. The van der Waals surface area contributed by atoms with E-state index in [0.717, 1.165) is 40.7 Å². The van der Waals surface area contributed by atoms with Crippen LogP contribution in [0.15, 0.2) is 24.5 Å². The fourth-order valence-electron chi connectivity index (χ4n) is 4.01. The second-order valence-corrected chi connectivity index (χ2v) is 8.14. The molecule has 0 fully saturated rings. The Morgan fingerprint density at radius 1 is 1.30 bits per heavy atom. The number of carbonyl (C=O) groups is 1. The van der Waals surface area contributed by atoms with Crippen molar-refractivity contribution in [2.75, 3.05) is 33.4 Å². The van der Waals surface area contributed by atoms with Gasteiger partial charge in [0.25, 0.3) is 0 Å². The van der Waals surface area contributed by atoms with Gasteiger partial charge in [-0.25, -0.2) is 0 Å². The first-order valence-corrected chi connectivity index (χ1v) is 10.9. The third kappa shape index (κ3) is 4.07. The van der Waals surface area contributed by atoms with E-state index in [2.05, 4.69) is 20.1 Å². The maximum absolute atomic E-state index is 12.8. The van der Waals surface area contributed by atoms with Gasteiger partial charge < -0.3 is 19.5 Å². The number of nitrogens with zero attached hydrogens (tertiary/aromatic N) is 3. The van der Waals surface area contributed by atoms with E-state index in [1.807, 2.05) is 30.3 Å². The van der Waals surface area contributed by atoms with Gasteiger partial charge in [-0.1, -0.05) is 29.3 Å². The molecule has 0 saturated carbocycles. The van der Waals surface area contributed by atoms with E-state index < -0.39 is 0 Å². The van der Waals surface area contributed by atoms with Crippen LogP contribution in [-0.4, -0.2) is 58.9 Å². The quantitative estimate of drug-likeness (QED) is 0.514. The van der Waals surface area contributed by atoms with Crippen LogP contribution < -0.4 is 5.32 Å². The lowest BCUT2D eigenvalue weighted by Crippen LogP contribution is -2.38. The maximum atomic E-state index is 12.8. The molecular weight excluding hydrogens is 425 g/mol. The predicted molar refractivity (Wildman–Crippen MR) is 119 cm³/mol. The van der Waals surface area contributed by atoms with Gasteiger partial charge in [-0.15, -0.1) is 0 Å². The highest BCUT2D eigenvalue weighted by Gasteiger charge is 2.28. The van der Waals surface area contributed by atoms with Crippen LogP contribution in [0.5, 0.6) is 0 Å². The second kappa shape index (κ2) is 9.39. The Labute approximate surface area is 185 Å². The number of aromatic amines is 1. The van der Waals surface area contributed by atoms with Crippen LogP contribution in [0.4, 0.5) is 0 Å². The number of hydrogen-bond acceptors (Lipinski definition) is 4. The molecule has 3 heterocycles. The topological polar surface area (TPSA) is 75.2 Å². The minimum absolute atomic E-state index is 0.144. The highest BCUT2D eigenvalue weighted by atomic mass is 35.5. The zero-order valence-corrected chi connectivity index (χ0v) is 18.4. The van der Waals surface area contributed by atoms with Gasteiger partial charge >= 0.3 is 0 Å². The highest BCUT2D eigenvalue weighted by molar-refractivity contribution is 6.45. The number of aromatic nitrogens is 3. The fourth-order valence-corrected chi connectivity index (χ4v) is 4.42. The lowest BCUT2D eigenvalue weighted by atomic mass is 10.0. The van der Waals surface area contributed by atoms with Gasteiger partial charge in [0.15, 0.2) is 0 Å². The largest absolute Gasteiger partial charge is 0.380 e. The van der Waals surface area contributed by atoms with E-state index in [9.17, 15) is 4.79 Å². The van der Waals surface area contributed by atoms with Gasteiger partial charge in [0, 0.05) is 61.1 Å². The van der Waals surface area contributed by atoms with E-state index in [0.29, 0.717) is 49.3 Å². The lowest BCUT2D eigenvalue weighted by molar-refractivity contribution is -0.133. The SMILES string of the molecule is CNCCOCCCC(=O)N1CCn2c(c(-c3cn[nH]c3)c3ccc(Cl)c(Cl)c32)C1. The molecular formula is C21H25Cl2N5O2. The van der Waals surface area contributed by atoms with Crippen molar-refractivity contribution in [2.45, 2.75) is 25.9 Å². The normalized spacial score (nSPS) is 13.8. The number of amides is 1. The van der Waals surface area contributed by atoms with Crippen molar-refractivity contribution in [3.63, 3.8) is 0 Å². The van der Waals surface area contributed by atoms with Gasteiger partial charge in [-0.05, 0) is 19.5 Å². The zero-order valence-electron chi connectivity index (χ0n) is 16.9. The second-order valence-electron chi connectivity index (χ2n) is 7.35. The molecule has 0 aliphatic carbocycles. The Bertz CT molecular complexity index is 1030. The Morgan fingerprint density at radius 3 is 2.93 bits per heavy atom. The molecule has 1 amide bonds. The summed E-state index contributed by atoms with van der Waals surface area (Å²) < 4.78 is 7.72. The number of ether oxygens (including phenoxy) is 1. The van der Waals surface area contributed by atoms with Gasteiger partial charge in [0.2, 0.25) is 5.91 Å². The Morgan fingerprint density at radius 2 is 2.17 bits per heavy atom. The number of fused-ring (bicyclic) bond motifs is 3. The van der Waals surface area contributed by atoms with E-state index in [1.54, 1.807) is 6.20 Å². The number of hydrogen-bond donors (Lipinski definition) is 2. The first-order chi connectivity index (χ1) is 14.6. The van der Waals surface area contributed by atoms with Crippen LogP contribution >= 0.6 is 23.2 Å². The highest BCUT2D eigenvalue weighted by Crippen LogP contribution is 2.42. The number of carbonyl (C=O) groups excluding carboxylic acids is 1. The summed E-state index contributed by atoms with van der Waals surface area (Å²) in [5.74, 6) is 0.144. The minimum atomic E-state index is 0.144. The van der Waals surface area contributed by atoms with E-state index in [1.165, 1.54) is 0 Å². The zero-order chi connectivity index (χ0) is 21.1. The van der Waals surface area contributed by atoms with Crippen LogP contribution in [0.3, 0.4) is 0 Å². The van der Waals surface area contributed by atoms with E-state index >= 15 is 0 Å². The number of rotatable bonds is 8. The molecule has 0 saturated heterocycles. The van der Waals surface area contributed by atoms with E-state index in [-0.39, 0.29) is 5.91 Å². The molecule has 160 valence electrons. The molecule has 1 aliphatic rings. The van der Waals surface area contributed by atoms with Crippen molar-refractivity contribution in [3.8, 4) is 11.1 Å². The molecule has 0 unspecified atom stereocenters. The summed E-state index contributed by atoms with van der Waals surface area (Å²) >= 11 is 12.9. The molecule has 7 nitrogen and oxygen atoms in total. The standard InChI is InChI=1S/C21H25Cl2N5O2/c1-24-6-10-30-9-2-3-18(29)27-7-8-28-17(13-27)19(14-11-25-26-12-14)15-4-5-16(22)20(23)21(15)28/h4-5,11-12,24H,2-3,6-10,13H2,1H3,(H,25,26). The summed E-state index contributed by atoms with van der Waals surface area (Å²) in [4.78, 5) is 14.7. The molecule has 0 spiro atoms. The van der Waals surface area contributed by atoms with E-state index in [4.69, 9.17) is 27.9 Å². The number of benzene rings is 1. The molecule has 30 heavy (non-hydrogen) atoms. The first-order valence-electron chi connectivity index (χ1n) is 10.1. The van der Waals surface area contributed by atoms with Gasteiger partial charge in [0.05, 0.1) is 34.9 Å². The molecule has 2 aromatic heterocycles.